The number of rotatable bonds is 4. The molecule has 1 aromatic carbocycles. The van der Waals surface area contributed by atoms with E-state index < -0.39 is 0 Å². The summed E-state index contributed by atoms with van der Waals surface area (Å²) in [6, 6.07) is 9.25. The molecule has 0 fully saturated rings. The highest BCUT2D eigenvalue weighted by molar-refractivity contribution is 7.99. The molecule has 1 N–H and O–H groups in total. The molecule has 0 bridgehead atoms. The molecule has 0 aliphatic rings. The Bertz CT molecular complexity index is 716. The van der Waals surface area contributed by atoms with Crippen LogP contribution in [0.5, 0.6) is 0 Å². The van der Waals surface area contributed by atoms with Crippen molar-refractivity contribution in [1.82, 2.24) is 9.97 Å². The van der Waals surface area contributed by atoms with Gasteiger partial charge >= 0.3 is 0 Å². The minimum atomic E-state index is -0.155. The van der Waals surface area contributed by atoms with Crippen LogP contribution >= 0.6 is 11.8 Å². The molecule has 0 atom stereocenters. The maximum Gasteiger partial charge on any atom is 0.251 e. The quantitative estimate of drug-likeness (QED) is 0.876. The molecule has 0 radical (unpaired) electrons. The van der Waals surface area contributed by atoms with E-state index >= 15 is 0 Å². The molecule has 102 valence electrons. The van der Waals surface area contributed by atoms with Gasteiger partial charge < -0.3 is 4.98 Å². The Labute approximate surface area is 121 Å². The van der Waals surface area contributed by atoms with Gasteiger partial charge in [-0.25, -0.2) is 4.98 Å². The van der Waals surface area contributed by atoms with Crippen molar-refractivity contribution in [2.45, 2.75) is 36.7 Å². The van der Waals surface area contributed by atoms with Gasteiger partial charge in [0.05, 0.1) is 5.56 Å². The monoisotopic (exact) mass is 285 g/mol. The fourth-order valence-electron chi connectivity index (χ4n) is 1.89. The molecule has 5 heteroatoms. The standard InChI is InChI=1S/C15H15N3OS/c1-3-5-12-8-13(19)18-15(17-12)20-14-10(2)6-4-7-11(14)9-16/h4,6-8H,3,5H2,1-2H3,(H,17,18,19). The first-order valence-electron chi connectivity index (χ1n) is 6.42. The van der Waals surface area contributed by atoms with E-state index in [1.54, 1.807) is 6.07 Å². The van der Waals surface area contributed by atoms with Crippen molar-refractivity contribution in [1.29, 1.82) is 5.26 Å². The minimum Gasteiger partial charge on any atom is -0.301 e. The minimum absolute atomic E-state index is 0.155. The first-order valence-corrected chi connectivity index (χ1v) is 7.23. The van der Waals surface area contributed by atoms with Crippen molar-refractivity contribution in [2.75, 3.05) is 0 Å². The predicted molar refractivity (Wildman–Crippen MR) is 78.9 cm³/mol. The number of nitrogens with zero attached hydrogens (tertiary/aromatic N) is 2. The van der Waals surface area contributed by atoms with Crippen LogP contribution < -0.4 is 5.56 Å². The van der Waals surface area contributed by atoms with Gasteiger partial charge in [0.2, 0.25) is 0 Å². The van der Waals surface area contributed by atoms with Crippen LogP contribution in [0.4, 0.5) is 0 Å². The smallest absolute Gasteiger partial charge is 0.251 e. The van der Waals surface area contributed by atoms with Crippen LogP contribution in [0.15, 0.2) is 39.1 Å². The average Bonchev–Trinajstić information content (AvgIpc) is 2.41. The Hall–Kier alpha value is -2.06. The highest BCUT2D eigenvalue weighted by Crippen LogP contribution is 2.30. The summed E-state index contributed by atoms with van der Waals surface area (Å²) in [6.45, 7) is 3.99. The van der Waals surface area contributed by atoms with Crippen LogP contribution in [-0.2, 0) is 6.42 Å². The second-order valence-corrected chi connectivity index (χ2v) is 5.46. The molecule has 4 nitrogen and oxygen atoms in total. The number of benzene rings is 1. The van der Waals surface area contributed by atoms with E-state index in [1.807, 2.05) is 26.0 Å². The summed E-state index contributed by atoms with van der Waals surface area (Å²) < 4.78 is 0. The van der Waals surface area contributed by atoms with E-state index in [9.17, 15) is 4.79 Å². The zero-order valence-corrected chi connectivity index (χ0v) is 12.3. The number of hydrogen-bond donors (Lipinski definition) is 1. The highest BCUT2D eigenvalue weighted by atomic mass is 32.2. The summed E-state index contributed by atoms with van der Waals surface area (Å²) in [7, 11) is 0. The molecule has 0 aliphatic carbocycles. The lowest BCUT2D eigenvalue weighted by Crippen LogP contribution is -2.10. The van der Waals surface area contributed by atoms with Crippen molar-refractivity contribution in [3.8, 4) is 6.07 Å². The largest absolute Gasteiger partial charge is 0.301 e. The zero-order valence-electron chi connectivity index (χ0n) is 11.4. The van der Waals surface area contributed by atoms with Gasteiger partial charge in [-0.15, -0.1) is 0 Å². The van der Waals surface area contributed by atoms with E-state index in [0.29, 0.717) is 10.7 Å². The molecule has 0 aliphatic heterocycles. The number of aromatic amines is 1. The van der Waals surface area contributed by atoms with Crippen molar-refractivity contribution in [3.05, 3.63) is 51.4 Å². The summed E-state index contributed by atoms with van der Waals surface area (Å²) >= 11 is 1.33. The first kappa shape index (κ1) is 14.4. The molecule has 20 heavy (non-hydrogen) atoms. The second kappa shape index (κ2) is 6.40. The van der Waals surface area contributed by atoms with Gasteiger partial charge in [-0.1, -0.05) is 37.2 Å². The molecule has 1 aromatic heterocycles. The summed E-state index contributed by atoms with van der Waals surface area (Å²) in [6.07, 6.45) is 1.71. The highest BCUT2D eigenvalue weighted by Gasteiger charge is 2.10. The molecule has 0 amide bonds. The predicted octanol–water partition coefficient (Wildman–Crippen LogP) is 3.05. The Kier molecular flexibility index (Phi) is 4.59. The summed E-state index contributed by atoms with van der Waals surface area (Å²) in [5, 5.41) is 9.69. The van der Waals surface area contributed by atoms with Crippen molar-refractivity contribution in [3.63, 3.8) is 0 Å². The third-order valence-corrected chi connectivity index (χ3v) is 3.94. The number of hydrogen-bond acceptors (Lipinski definition) is 4. The van der Waals surface area contributed by atoms with Gasteiger partial charge in [0.1, 0.15) is 6.07 Å². The Morgan fingerprint density at radius 2 is 2.25 bits per heavy atom. The van der Waals surface area contributed by atoms with Gasteiger partial charge in [-0.05, 0) is 25.0 Å². The van der Waals surface area contributed by atoms with Crippen molar-refractivity contribution < 1.29 is 0 Å². The van der Waals surface area contributed by atoms with E-state index in [1.165, 1.54) is 17.8 Å². The molecule has 0 spiro atoms. The van der Waals surface area contributed by atoms with Crippen molar-refractivity contribution >= 4 is 11.8 Å². The zero-order chi connectivity index (χ0) is 14.5. The molecule has 2 aromatic rings. The molecule has 0 unspecified atom stereocenters. The van der Waals surface area contributed by atoms with E-state index in [4.69, 9.17) is 5.26 Å². The number of nitrogens with one attached hydrogen (secondary N) is 1. The van der Waals surface area contributed by atoms with Gasteiger partial charge in [0.25, 0.3) is 5.56 Å². The van der Waals surface area contributed by atoms with Crippen molar-refractivity contribution in [2.24, 2.45) is 0 Å². The Balaban J connectivity index is 2.40. The lowest BCUT2D eigenvalue weighted by atomic mass is 10.1. The lowest BCUT2D eigenvalue weighted by molar-refractivity contribution is 0.815. The van der Waals surface area contributed by atoms with Crippen LogP contribution in [0.25, 0.3) is 0 Å². The third-order valence-electron chi connectivity index (χ3n) is 2.81. The average molecular weight is 285 g/mol. The van der Waals surface area contributed by atoms with Crippen LogP contribution in [0.2, 0.25) is 0 Å². The fraction of sp³-hybridized carbons (Fsp3) is 0.267. The molecule has 1 heterocycles. The Morgan fingerprint density at radius 3 is 2.95 bits per heavy atom. The maximum absolute atomic E-state index is 11.6. The number of aryl methyl sites for hydroxylation is 2. The molecular formula is C15H15N3OS. The van der Waals surface area contributed by atoms with Crippen LogP contribution in [0, 0.1) is 18.3 Å². The number of nitriles is 1. The third kappa shape index (κ3) is 3.28. The summed E-state index contributed by atoms with van der Waals surface area (Å²) in [5.41, 5.74) is 2.22. The fourth-order valence-corrected chi connectivity index (χ4v) is 2.85. The summed E-state index contributed by atoms with van der Waals surface area (Å²) in [5.74, 6) is 0. The lowest BCUT2D eigenvalue weighted by Gasteiger charge is -2.07. The van der Waals surface area contributed by atoms with Gasteiger partial charge in [0, 0.05) is 16.7 Å². The van der Waals surface area contributed by atoms with Crippen LogP contribution in [-0.4, -0.2) is 9.97 Å². The Morgan fingerprint density at radius 1 is 1.45 bits per heavy atom. The van der Waals surface area contributed by atoms with E-state index in [0.717, 1.165) is 29.0 Å². The van der Waals surface area contributed by atoms with Gasteiger partial charge in [-0.3, -0.25) is 4.79 Å². The number of aromatic nitrogens is 2. The van der Waals surface area contributed by atoms with Crippen LogP contribution in [0.1, 0.15) is 30.2 Å². The summed E-state index contributed by atoms with van der Waals surface area (Å²) in [4.78, 5) is 19.6. The first-order chi connectivity index (χ1) is 9.63. The molecule has 0 saturated carbocycles. The molecule has 0 saturated heterocycles. The van der Waals surface area contributed by atoms with E-state index in [-0.39, 0.29) is 5.56 Å². The SMILES string of the molecule is CCCc1cc(=O)[nH]c(Sc2c(C)cccc2C#N)n1. The van der Waals surface area contributed by atoms with Gasteiger partial charge in [-0.2, -0.15) is 5.26 Å². The topological polar surface area (TPSA) is 69.5 Å². The molecule has 2 rings (SSSR count). The second-order valence-electron chi connectivity index (χ2n) is 4.46. The normalized spacial score (nSPS) is 10.2. The van der Waals surface area contributed by atoms with E-state index in [2.05, 4.69) is 16.0 Å². The maximum atomic E-state index is 11.6. The molecular weight excluding hydrogens is 270 g/mol. The van der Waals surface area contributed by atoms with Crippen LogP contribution in [0.3, 0.4) is 0 Å². The number of H-pyrrole nitrogens is 1. The van der Waals surface area contributed by atoms with Gasteiger partial charge in [0.15, 0.2) is 5.16 Å².